The van der Waals surface area contributed by atoms with Gasteiger partial charge in [-0.1, -0.05) is 46.3 Å². The second-order valence-electron chi connectivity index (χ2n) is 5.44. The molecule has 138 valence electrons. The van der Waals surface area contributed by atoms with E-state index in [-0.39, 0.29) is 30.3 Å². The van der Waals surface area contributed by atoms with Crippen LogP contribution in [-0.2, 0) is 14.3 Å². The minimum absolute atomic E-state index is 0.0445. The molecule has 2 aromatic carbocycles. The summed E-state index contributed by atoms with van der Waals surface area (Å²) in [5.41, 5.74) is 2.40. The summed E-state index contributed by atoms with van der Waals surface area (Å²) in [6.07, 6.45) is 0. The Morgan fingerprint density at radius 2 is 1.92 bits per heavy atom. The van der Waals surface area contributed by atoms with Crippen LogP contribution in [0.4, 0.5) is 5.69 Å². The molecule has 0 aliphatic carbocycles. The van der Waals surface area contributed by atoms with Crippen molar-refractivity contribution in [2.75, 3.05) is 24.3 Å². The third kappa shape index (κ3) is 5.83. The molecule has 0 aromatic heterocycles. The lowest BCUT2D eigenvalue weighted by atomic mass is 9.97. The van der Waals surface area contributed by atoms with Crippen molar-refractivity contribution >= 4 is 45.1 Å². The lowest BCUT2D eigenvalue weighted by molar-refractivity contribution is -0.142. The van der Waals surface area contributed by atoms with E-state index in [0.717, 1.165) is 15.6 Å². The van der Waals surface area contributed by atoms with Crippen LogP contribution in [-0.4, -0.2) is 30.9 Å². The van der Waals surface area contributed by atoms with Crippen molar-refractivity contribution in [1.29, 1.82) is 0 Å². The molecule has 0 saturated heterocycles. The lowest BCUT2D eigenvalue weighted by Gasteiger charge is -2.23. The Balaban J connectivity index is 2.39. The van der Waals surface area contributed by atoms with Crippen LogP contribution < -0.4 is 10.6 Å². The molecule has 0 saturated carbocycles. The highest BCUT2D eigenvalue weighted by atomic mass is 79.9. The van der Waals surface area contributed by atoms with E-state index in [1.165, 1.54) is 0 Å². The number of halogens is 2. The van der Waals surface area contributed by atoms with Gasteiger partial charge in [0.15, 0.2) is 0 Å². The average Bonchev–Trinajstić information content (AvgIpc) is 2.65. The van der Waals surface area contributed by atoms with Crippen LogP contribution in [0.2, 0.25) is 0 Å². The molecule has 0 spiro atoms. The fourth-order valence-corrected chi connectivity index (χ4v) is 2.97. The van der Waals surface area contributed by atoms with Gasteiger partial charge < -0.3 is 10.1 Å². The number of hydrogen-bond donors (Lipinski definition) is 2. The Morgan fingerprint density at radius 3 is 2.58 bits per heavy atom. The van der Waals surface area contributed by atoms with Gasteiger partial charge in [-0.15, -0.1) is 11.6 Å². The maximum absolute atomic E-state index is 11.8. The van der Waals surface area contributed by atoms with Crippen molar-refractivity contribution < 1.29 is 14.3 Å². The summed E-state index contributed by atoms with van der Waals surface area (Å²) in [4.78, 5) is 23.6. The van der Waals surface area contributed by atoms with Crippen LogP contribution >= 0.6 is 27.5 Å². The Hall–Kier alpha value is -1.89. The van der Waals surface area contributed by atoms with Crippen molar-refractivity contribution in [3.8, 4) is 0 Å². The summed E-state index contributed by atoms with van der Waals surface area (Å²) in [7, 11) is 0. The molecule has 0 radical (unpaired) electrons. The first-order valence-electron chi connectivity index (χ1n) is 8.14. The van der Waals surface area contributed by atoms with E-state index in [0.29, 0.717) is 12.3 Å². The fourth-order valence-electron chi connectivity index (χ4n) is 2.52. The van der Waals surface area contributed by atoms with E-state index in [2.05, 4.69) is 26.6 Å². The second kappa shape index (κ2) is 10.3. The summed E-state index contributed by atoms with van der Waals surface area (Å²) < 4.78 is 5.86. The van der Waals surface area contributed by atoms with Gasteiger partial charge in [-0.3, -0.25) is 14.9 Å². The zero-order valence-corrected chi connectivity index (χ0v) is 16.6. The van der Waals surface area contributed by atoms with Gasteiger partial charge in [0.2, 0.25) is 5.91 Å². The van der Waals surface area contributed by atoms with E-state index >= 15 is 0 Å². The smallest absolute Gasteiger partial charge is 0.319 e. The molecule has 0 unspecified atom stereocenters. The first kappa shape index (κ1) is 20.4. The molecule has 0 bridgehead atoms. The summed E-state index contributed by atoms with van der Waals surface area (Å²) in [6.45, 7) is 2.13. The topological polar surface area (TPSA) is 67.4 Å². The largest absolute Gasteiger partial charge is 0.465 e. The van der Waals surface area contributed by atoms with Crippen LogP contribution in [0, 0.1) is 0 Å². The molecule has 7 heteroatoms. The number of carbonyl (C=O) groups excluding carboxylic acids is 2. The summed E-state index contributed by atoms with van der Waals surface area (Å²) in [5, 5.41) is 6.02. The van der Waals surface area contributed by atoms with Gasteiger partial charge >= 0.3 is 5.97 Å². The number of hydrogen-bond acceptors (Lipinski definition) is 4. The molecular weight excluding hydrogens is 420 g/mol. The predicted octanol–water partition coefficient (Wildman–Crippen LogP) is 3.87. The molecule has 2 N–H and O–H groups in total. The zero-order chi connectivity index (χ0) is 18.9. The van der Waals surface area contributed by atoms with Crippen LogP contribution in [0.1, 0.15) is 24.1 Å². The minimum atomic E-state index is -0.338. The molecular formula is C19H20BrClN2O3. The van der Waals surface area contributed by atoms with E-state index < -0.39 is 0 Å². The Labute approximate surface area is 166 Å². The van der Waals surface area contributed by atoms with Gasteiger partial charge in [0.1, 0.15) is 5.88 Å². The van der Waals surface area contributed by atoms with Crippen molar-refractivity contribution in [2.45, 2.75) is 13.0 Å². The maximum Gasteiger partial charge on any atom is 0.319 e. The predicted molar refractivity (Wildman–Crippen MR) is 106 cm³/mol. The maximum atomic E-state index is 11.8. The third-order valence-corrected chi connectivity index (χ3v) is 4.34. The van der Waals surface area contributed by atoms with E-state index in [4.69, 9.17) is 16.3 Å². The number of carbonyl (C=O) groups is 2. The lowest BCUT2D eigenvalue weighted by Crippen LogP contribution is -2.30. The number of amides is 1. The van der Waals surface area contributed by atoms with E-state index in [1.54, 1.807) is 13.0 Å². The molecule has 0 aliphatic rings. The summed E-state index contributed by atoms with van der Waals surface area (Å²) in [6, 6.07) is 14.9. The number of nitrogens with one attached hydrogen (secondary N) is 2. The molecule has 26 heavy (non-hydrogen) atoms. The molecule has 1 amide bonds. The molecule has 2 aromatic rings. The molecule has 5 nitrogen and oxygen atoms in total. The molecule has 0 heterocycles. The average molecular weight is 440 g/mol. The van der Waals surface area contributed by atoms with Crippen molar-refractivity contribution in [2.24, 2.45) is 0 Å². The monoisotopic (exact) mass is 438 g/mol. The van der Waals surface area contributed by atoms with Crippen LogP contribution in [0.25, 0.3) is 0 Å². The first-order valence-corrected chi connectivity index (χ1v) is 9.47. The van der Waals surface area contributed by atoms with Gasteiger partial charge in [-0.05, 0) is 36.2 Å². The number of esters is 1. The minimum Gasteiger partial charge on any atom is -0.465 e. The van der Waals surface area contributed by atoms with Crippen LogP contribution in [0.15, 0.2) is 53.0 Å². The van der Waals surface area contributed by atoms with Crippen molar-refractivity contribution in [3.63, 3.8) is 0 Å². The third-order valence-electron chi connectivity index (χ3n) is 3.61. The standard InChI is InChI=1S/C19H20BrClN2O3/c1-2-26-18(25)12-22-19(13-6-4-3-5-7-13)15-10-14(20)8-9-16(15)23-17(24)11-21/h3-10,19,22H,2,11-12H2,1H3,(H,23,24)/t19-/m1/s1. The van der Waals surface area contributed by atoms with Gasteiger partial charge in [0, 0.05) is 10.2 Å². The highest BCUT2D eigenvalue weighted by Crippen LogP contribution is 2.31. The summed E-state index contributed by atoms with van der Waals surface area (Å²) >= 11 is 9.09. The van der Waals surface area contributed by atoms with Crippen LogP contribution in [0.3, 0.4) is 0 Å². The van der Waals surface area contributed by atoms with E-state index in [1.807, 2.05) is 42.5 Å². The van der Waals surface area contributed by atoms with Gasteiger partial charge in [-0.2, -0.15) is 0 Å². The van der Waals surface area contributed by atoms with Crippen molar-refractivity contribution in [3.05, 3.63) is 64.1 Å². The fraction of sp³-hybridized carbons (Fsp3) is 0.263. The van der Waals surface area contributed by atoms with Crippen LogP contribution in [0.5, 0.6) is 0 Å². The Kier molecular flexibility index (Phi) is 8.09. The molecule has 0 aliphatic heterocycles. The molecule has 2 rings (SSSR count). The van der Waals surface area contributed by atoms with Gasteiger partial charge in [0.25, 0.3) is 0 Å². The van der Waals surface area contributed by atoms with Crippen molar-refractivity contribution in [1.82, 2.24) is 5.32 Å². The normalized spacial score (nSPS) is 11.7. The molecule has 1 atom stereocenters. The number of alkyl halides is 1. The number of benzene rings is 2. The second-order valence-corrected chi connectivity index (χ2v) is 6.63. The molecule has 0 fully saturated rings. The Bertz CT molecular complexity index is 756. The van der Waals surface area contributed by atoms with E-state index in [9.17, 15) is 9.59 Å². The number of ether oxygens (including phenoxy) is 1. The van der Waals surface area contributed by atoms with Gasteiger partial charge in [-0.25, -0.2) is 0 Å². The van der Waals surface area contributed by atoms with Gasteiger partial charge in [0.05, 0.1) is 19.2 Å². The first-order chi connectivity index (χ1) is 12.5. The quantitative estimate of drug-likeness (QED) is 0.484. The number of anilines is 1. The Morgan fingerprint density at radius 1 is 1.19 bits per heavy atom. The zero-order valence-electron chi connectivity index (χ0n) is 14.3. The highest BCUT2D eigenvalue weighted by Gasteiger charge is 2.20. The number of rotatable bonds is 8. The highest BCUT2D eigenvalue weighted by molar-refractivity contribution is 9.10. The summed E-state index contributed by atoms with van der Waals surface area (Å²) in [5.74, 6) is -0.774. The SMILES string of the molecule is CCOC(=O)CN[C@H](c1ccccc1)c1cc(Br)ccc1NC(=O)CCl.